The molecule has 0 aliphatic heterocycles. The first-order chi connectivity index (χ1) is 9.19. The van der Waals surface area contributed by atoms with Crippen LogP contribution >= 0.6 is 0 Å². The Hall–Kier alpha value is -2.13. The number of hydrogen-bond acceptors (Lipinski definition) is 2. The molecule has 3 heteroatoms. The zero-order valence-corrected chi connectivity index (χ0v) is 10.9. The number of benzene rings is 1. The summed E-state index contributed by atoms with van der Waals surface area (Å²) in [6.45, 7) is 2.35. The normalized spacial score (nSPS) is 11.1. The Labute approximate surface area is 112 Å². The molecule has 0 bridgehead atoms. The van der Waals surface area contributed by atoms with Crippen LogP contribution in [0.2, 0.25) is 0 Å². The summed E-state index contributed by atoms with van der Waals surface area (Å²) in [6.07, 6.45) is 5.60. The van der Waals surface area contributed by atoms with E-state index in [1.54, 1.807) is 12.3 Å². The number of rotatable bonds is 4. The molecule has 0 spiro atoms. The first kappa shape index (κ1) is 13.3. The molecule has 0 radical (unpaired) electrons. The molecule has 19 heavy (non-hydrogen) atoms. The van der Waals surface area contributed by atoms with E-state index in [0.29, 0.717) is 6.54 Å². The van der Waals surface area contributed by atoms with E-state index in [4.69, 9.17) is 5.11 Å². The fourth-order valence-corrected chi connectivity index (χ4v) is 1.89. The first-order valence-corrected chi connectivity index (χ1v) is 6.25. The number of nitrogens with zero attached hydrogens (tertiary/aromatic N) is 1. The molecule has 1 heterocycles. The van der Waals surface area contributed by atoms with Gasteiger partial charge in [0.2, 0.25) is 0 Å². The van der Waals surface area contributed by atoms with E-state index < -0.39 is 0 Å². The van der Waals surface area contributed by atoms with E-state index in [1.165, 1.54) is 10.1 Å². The van der Waals surface area contributed by atoms with Crippen molar-refractivity contribution in [2.75, 3.05) is 6.61 Å². The Morgan fingerprint density at radius 3 is 2.53 bits per heavy atom. The van der Waals surface area contributed by atoms with Gasteiger partial charge in [-0.2, -0.15) is 0 Å². The van der Waals surface area contributed by atoms with Crippen molar-refractivity contribution in [3.8, 4) is 0 Å². The van der Waals surface area contributed by atoms with Gasteiger partial charge < -0.3 is 9.67 Å². The molecule has 0 aliphatic carbocycles. The summed E-state index contributed by atoms with van der Waals surface area (Å²) >= 11 is 0. The molecule has 0 atom stereocenters. The third kappa shape index (κ3) is 3.66. The third-order valence-electron chi connectivity index (χ3n) is 2.87. The minimum atomic E-state index is -0.0968. The molecule has 0 aliphatic rings. The van der Waals surface area contributed by atoms with Gasteiger partial charge in [0.25, 0.3) is 5.56 Å². The highest BCUT2D eigenvalue weighted by Crippen LogP contribution is 2.08. The molecule has 1 aromatic carbocycles. The van der Waals surface area contributed by atoms with Crippen molar-refractivity contribution in [3.63, 3.8) is 0 Å². The molecule has 2 aromatic rings. The van der Waals surface area contributed by atoms with Crippen molar-refractivity contribution in [2.45, 2.75) is 13.5 Å². The van der Waals surface area contributed by atoms with Gasteiger partial charge in [0.1, 0.15) is 0 Å². The smallest absolute Gasteiger partial charge is 0.251 e. The summed E-state index contributed by atoms with van der Waals surface area (Å²) in [5, 5.41) is 8.82. The van der Waals surface area contributed by atoms with Crippen molar-refractivity contribution in [2.24, 2.45) is 0 Å². The van der Waals surface area contributed by atoms with E-state index in [9.17, 15) is 4.79 Å². The fourth-order valence-electron chi connectivity index (χ4n) is 1.89. The van der Waals surface area contributed by atoms with Crippen molar-refractivity contribution in [1.29, 1.82) is 0 Å². The SMILES string of the molecule is Cc1cccc(/C=C/c2ccn(CCO)c(=O)c2)c1. The summed E-state index contributed by atoms with van der Waals surface area (Å²) < 4.78 is 1.49. The van der Waals surface area contributed by atoms with Crippen LogP contribution in [0.15, 0.2) is 47.4 Å². The van der Waals surface area contributed by atoms with Crippen molar-refractivity contribution in [1.82, 2.24) is 4.57 Å². The van der Waals surface area contributed by atoms with Gasteiger partial charge in [-0.1, -0.05) is 42.0 Å². The van der Waals surface area contributed by atoms with Gasteiger partial charge >= 0.3 is 0 Å². The van der Waals surface area contributed by atoms with E-state index in [1.807, 2.05) is 43.3 Å². The number of aliphatic hydroxyl groups excluding tert-OH is 1. The van der Waals surface area contributed by atoms with Crippen LogP contribution in [-0.4, -0.2) is 16.3 Å². The summed E-state index contributed by atoms with van der Waals surface area (Å²) in [5.41, 5.74) is 3.08. The van der Waals surface area contributed by atoms with E-state index in [2.05, 4.69) is 6.07 Å². The minimum Gasteiger partial charge on any atom is -0.395 e. The second-order valence-electron chi connectivity index (χ2n) is 4.46. The zero-order chi connectivity index (χ0) is 13.7. The Kier molecular flexibility index (Phi) is 4.31. The molecule has 0 saturated heterocycles. The molecule has 0 saturated carbocycles. The largest absolute Gasteiger partial charge is 0.395 e. The molecule has 3 nitrogen and oxygen atoms in total. The molecule has 0 unspecified atom stereocenters. The van der Waals surface area contributed by atoms with Crippen molar-refractivity contribution < 1.29 is 5.11 Å². The maximum Gasteiger partial charge on any atom is 0.251 e. The molecule has 0 fully saturated rings. The number of hydrogen-bond donors (Lipinski definition) is 1. The van der Waals surface area contributed by atoms with Gasteiger partial charge in [0.05, 0.1) is 6.61 Å². The molecule has 98 valence electrons. The lowest BCUT2D eigenvalue weighted by atomic mass is 10.1. The molecule has 0 amide bonds. The topological polar surface area (TPSA) is 42.2 Å². The van der Waals surface area contributed by atoms with Crippen LogP contribution in [0.5, 0.6) is 0 Å². The van der Waals surface area contributed by atoms with Crippen LogP contribution in [0.25, 0.3) is 12.2 Å². The van der Waals surface area contributed by atoms with Gasteiger partial charge in [-0.3, -0.25) is 4.79 Å². The predicted octanol–water partition coefficient (Wildman–Crippen LogP) is 2.32. The number of aryl methyl sites for hydroxylation is 1. The van der Waals surface area contributed by atoms with Crippen LogP contribution in [0, 0.1) is 6.92 Å². The van der Waals surface area contributed by atoms with E-state index >= 15 is 0 Å². The first-order valence-electron chi connectivity index (χ1n) is 6.25. The molecule has 1 aromatic heterocycles. The number of aromatic nitrogens is 1. The molecule has 2 rings (SSSR count). The van der Waals surface area contributed by atoms with Crippen LogP contribution < -0.4 is 5.56 Å². The lowest BCUT2D eigenvalue weighted by Gasteiger charge is -2.02. The second-order valence-corrected chi connectivity index (χ2v) is 4.46. The Morgan fingerprint density at radius 1 is 1.16 bits per heavy atom. The fraction of sp³-hybridized carbons (Fsp3) is 0.188. The summed E-state index contributed by atoms with van der Waals surface area (Å²) in [6, 6.07) is 11.6. The minimum absolute atomic E-state index is 0.0294. The Balaban J connectivity index is 2.20. The zero-order valence-electron chi connectivity index (χ0n) is 10.9. The maximum atomic E-state index is 11.7. The van der Waals surface area contributed by atoms with Crippen LogP contribution in [0.3, 0.4) is 0 Å². The Bertz CT molecular complexity index is 641. The van der Waals surface area contributed by atoms with Crippen molar-refractivity contribution >= 4 is 12.2 Å². The van der Waals surface area contributed by atoms with Crippen LogP contribution in [-0.2, 0) is 6.54 Å². The lowest BCUT2D eigenvalue weighted by Crippen LogP contribution is -2.20. The maximum absolute atomic E-state index is 11.7. The number of pyridine rings is 1. The van der Waals surface area contributed by atoms with Gasteiger partial charge in [-0.05, 0) is 24.1 Å². The summed E-state index contributed by atoms with van der Waals surface area (Å²) in [7, 11) is 0. The molecular weight excluding hydrogens is 238 g/mol. The van der Waals surface area contributed by atoms with Gasteiger partial charge in [0, 0.05) is 18.8 Å². The van der Waals surface area contributed by atoms with Gasteiger partial charge in [0.15, 0.2) is 0 Å². The highest BCUT2D eigenvalue weighted by Gasteiger charge is 1.95. The second kappa shape index (κ2) is 6.16. The lowest BCUT2D eigenvalue weighted by molar-refractivity contribution is 0.274. The monoisotopic (exact) mass is 255 g/mol. The third-order valence-corrected chi connectivity index (χ3v) is 2.87. The molecule has 1 N–H and O–H groups in total. The Morgan fingerprint density at radius 2 is 1.89 bits per heavy atom. The quantitative estimate of drug-likeness (QED) is 0.911. The van der Waals surface area contributed by atoms with Crippen molar-refractivity contribution in [3.05, 3.63) is 69.6 Å². The standard InChI is InChI=1S/C16H17NO2/c1-13-3-2-4-14(11-13)5-6-15-7-8-17(9-10-18)16(19)12-15/h2-8,11-12,18H,9-10H2,1H3/b6-5+. The number of aliphatic hydroxyl groups is 1. The average Bonchev–Trinajstić information content (AvgIpc) is 2.39. The highest BCUT2D eigenvalue weighted by molar-refractivity contribution is 5.69. The van der Waals surface area contributed by atoms with Gasteiger partial charge in [-0.25, -0.2) is 0 Å². The van der Waals surface area contributed by atoms with E-state index in [0.717, 1.165) is 11.1 Å². The van der Waals surface area contributed by atoms with Gasteiger partial charge in [-0.15, -0.1) is 0 Å². The predicted molar refractivity (Wildman–Crippen MR) is 77.9 cm³/mol. The summed E-state index contributed by atoms with van der Waals surface area (Å²) in [5.74, 6) is 0. The van der Waals surface area contributed by atoms with E-state index in [-0.39, 0.29) is 12.2 Å². The summed E-state index contributed by atoms with van der Waals surface area (Å²) in [4.78, 5) is 11.7. The molecular formula is C16H17NO2. The van der Waals surface area contributed by atoms with Crippen LogP contribution in [0.4, 0.5) is 0 Å². The average molecular weight is 255 g/mol. The van der Waals surface area contributed by atoms with Crippen LogP contribution in [0.1, 0.15) is 16.7 Å². The highest BCUT2D eigenvalue weighted by atomic mass is 16.3.